The average molecular weight is 350 g/mol. The van der Waals surface area contributed by atoms with Crippen molar-refractivity contribution in [3.8, 4) is 5.75 Å². The molecule has 5 nitrogen and oxygen atoms in total. The fraction of sp³-hybridized carbons (Fsp3) is 0.286. The Labute approximate surface area is 154 Å². The lowest BCUT2D eigenvalue weighted by Crippen LogP contribution is -2.18. The van der Waals surface area contributed by atoms with Crippen LogP contribution in [0.4, 0.5) is 11.5 Å². The highest BCUT2D eigenvalue weighted by atomic mass is 16.5. The summed E-state index contributed by atoms with van der Waals surface area (Å²) in [5.41, 5.74) is 8.81. The first-order valence-electron chi connectivity index (χ1n) is 8.87. The lowest BCUT2D eigenvalue weighted by atomic mass is 10.1. The van der Waals surface area contributed by atoms with Gasteiger partial charge in [0.25, 0.3) is 0 Å². The number of nitrogens with one attached hydrogen (secondary N) is 1. The summed E-state index contributed by atoms with van der Waals surface area (Å²) in [5, 5.41) is 4.50. The van der Waals surface area contributed by atoms with Gasteiger partial charge in [0.15, 0.2) is 0 Å². The Hall–Kier alpha value is -2.79. The molecule has 0 spiro atoms. The van der Waals surface area contributed by atoms with Gasteiger partial charge in [0.1, 0.15) is 18.2 Å². The van der Waals surface area contributed by atoms with Crippen LogP contribution in [0.3, 0.4) is 0 Å². The zero-order valence-corrected chi connectivity index (χ0v) is 15.4. The third kappa shape index (κ3) is 4.86. The molecule has 26 heavy (non-hydrogen) atoms. The van der Waals surface area contributed by atoms with Gasteiger partial charge in [0, 0.05) is 17.6 Å². The number of likely N-dealkylation sites (N-methyl/N-ethyl adjacent to an activating group) is 1. The Morgan fingerprint density at radius 3 is 2.65 bits per heavy atom. The number of nitrogens with two attached hydrogens (primary N) is 1. The topological polar surface area (TPSA) is 63.4 Å². The van der Waals surface area contributed by atoms with Crippen molar-refractivity contribution in [2.24, 2.45) is 0 Å². The molecular weight excluding hydrogens is 324 g/mol. The van der Waals surface area contributed by atoms with Gasteiger partial charge in [-0.3, -0.25) is 0 Å². The molecule has 1 aromatic heterocycles. The largest absolute Gasteiger partial charge is 0.492 e. The molecule has 0 aliphatic heterocycles. The second kappa shape index (κ2) is 8.54. The number of aromatic nitrogens is 1. The van der Waals surface area contributed by atoms with E-state index < -0.39 is 0 Å². The lowest BCUT2D eigenvalue weighted by Gasteiger charge is -2.15. The van der Waals surface area contributed by atoms with Crippen molar-refractivity contribution in [1.29, 1.82) is 0 Å². The number of benzene rings is 2. The van der Waals surface area contributed by atoms with Gasteiger partial charge in [-0.15, -0.1) is 0 Å². The summed E-state index contributed by atoms with van der Waals surface area (Å²) in [6.45, 7) is 2.24. The summed E-state index contributed by atoms with van der Waals surface area (Å²) in [6.07, 6.45) is 0.923. The van der Waals surface area contributed by atoms with E-state index in [9.17, 15) is 0 Å². The van der Waals surface area contributed by atoms with Crippen LogP contribution in [0, 0.1) is 0 Å². The summed E-state index contributed by atoms with van der Waals surface area (Å²) < 4.78 is 5.75. The molecule has 0 saturated carbocycles. The molecule has 0 amide bonds. The van der Waals surface area contributed by atoms with E-state index in [1.54, 1.807) is 0 Å². The van der Waals surface area contributed by atoms with Crippen LogP contribution in [-0.4, -0.2) is 43.7 Å². The molecule has 0 saturated heterocycles. The minimum Gasteiger partial charge on any atom is -0.492 e. The maximum atomic E-state index is 5.92. The number of hydrogen-bond acceptors (Lipinski definition) is 5. The highest BCUT2D eigenvalue weighted by molar-refractivity contribution is 5.84. The van der Waals surface area contributed by atoms with Crippen molar-refractivity contribution in [3.63, 3.8) is 0 Å². The summed E-state index contributed by atoms with van der Waals surface area (Å²) >= 11 is 0. The monoisotopic (exact) mass is 350 g/mol. The van der Waals surface area contributed by atoms with Crippen LogP contribution in [0.1, 0.15) is 5.56 Å². The van der Waals surface area contributed by atoms with Crippen LogP contribution in [-0.2, 0) is 6.42 Å². The molecule has 136 valence electrons. The predicted octanol–water partition coefficient (Wildman–Crippen LogP) is 3.41. The second-order valence-corrected chi connectivity index (χ2v) is 6.59. The molecular formula is C21H26N4O. The fourth-order valence-electron chi connectivity index (χ4n) is 2.78. The van der Waals surface area contributed by atoms with E-state index in [-0.39, 0.29) is 0 Å². The van der Waals surface area contributed by atoms with Gasteiger partial charge < -0.3 is 20.7 Å². The van der Waals surface area contributed by atoms with E-state index in [1.165, 1.54) is 5.56 Å². The fourth-order valence-corrected chi connectivity index (χ4v) is 2.78. The van der Waals surface area contributed by atoms with Crippen molar-refractivity contribution in [3.05, 3.63) is 60.2 Å². The van der Waals surface area contributed by atoms with E-state index in [0.29, 0.717) is 13.2 Å². The Morgan fingerprint density at radius 1 is 1.08 bits per heavy atom. The third-order valence-electron chi connectivity index (χ3n) is 4.15. The lowest BCUT2D eigenvalue weighted by molar-refractivity contribution is 0.332. The number of fused-ring (bicyclic) bond motifs is 1. The Morgan fingerprint density at radius 2 is 1.88 bits per heavy atom. The molecule has 3 aromatic rings. The maximum absolute atomic E-state index is 5.92. The van der Waals surface area contributed by atoms with Crippen molar-refractivity contribution >= 4 is 22.4 Å². The number of anilines is 2. The standard InChI is InChI=1S/C21H26N4O/c1-25(2)12-10-16-14-17-15-18(22)8-9-20(17)24-21(16)23-11-13-26-19-6-4-3-5-7-19/h3-9,14-15H,10-13,22H2,1-2H3,(H,23,24). The number of nitrogen functional groups attached to an aromatic ring is 1. The molecule has 0 aliphatic carbocycles. The van der Waals surface area contributed by atoms with Crippen LogP contribution in [0.25, 0.3) is 10.9 Å². The smallest absolute Gasteiger partial charge is 0.130 e. The summed E-state index contributed by atoms with van der Waals surface area (Å²) in [5.74, 6) is 1.80. The third-order valence-corrected chi connectivity index (χ3v) is 4.15. The summed E-state index contributed by atoms with van der Waals surface area (Å²) in [4.78, 5) is 6.97. The highest BCUT2D eigenvalue weighted by Crippen LogP contribution is 2.23. The van der Waals surface area contributed by atoms with Crippen LogP contribution in [0.5, 0.6) is 5.75 Å². The molecule has 2 aromatic carbocycles. The average Bonchev–Trinajstić information content (AvgIpc) is 2.64. The molecule has 3 rings (SSSR count). The SMILES string of the molecule is CN(C)CCc1cc2cc(N)ccc2nc1NCCOc1ccccc1. The predicted molar refractivity (Wildman–Crippen MR) is 109 cm³/mol. The number of ether oxygens (including phenoxy) is 1. The van der Waals surface area contributed by atoms with Crippen molar-refractivity contribution in [2.75, 3.05) is 44.8 Å². The number of pyridine rings is 1. The number of rotatable bonds is 8. The Balaban J connectivity index is 1.71. The van der Waals surface area contributed by atoms with Gasteiger partial charge >= 0.3 is 0 Å². The zero-order valence-electron chi connectivity index (χ0n) is 15.4. The molecule has 0 atom stereocenters. The van der Waals surface area contributed by atoms with Gasteiger partial charge in [-0.1, -0.05) is 18.2 Å². The molecule has 5 heteroatoms. The van der Waals surface area contributed by atoms with Gasteiger partial charge in [0.2, 0.25) is 0 Å². The van der Waals surface area contributed by atoms with Crippen molar-refractivity contribution < 1.29 is 4.74 Å². The van der Waals surface area contributed by atoms with Crippen LogP contribution in [0.15, 0.2) is 54.6 Å². The van der Waals surface area contributed by atoms with Gasteiger partial charge in [0.05, 0.1) is 12.1 Å². The normalized spacial score (nSPS) is 11.0. The molecule has 0 bridgehead atoms. The molecule has 0 unspecified atom stereocenters. The van der Waals surface area contributed by atoms with Crippen LogP contribution in [0.2, 0.25) is 0 Å². The Bertz CT molecular complexity index is 849. The van der Waals surface area contributed by atoms with E-state index in [0.717, 1.165) is 41.1 Å². The number of nitrogens with zero attached hydrogens (tertiary/aromatic N) is 2. The van der Waals surface area contributed by atoms with Gasteiger partial charge in [-0.2, -0.15) is 0 Å². The number of hydrogen-bond donors (Lipinski definition) is 2. The molecule has 1 heterocycles. The van der Waals surface area contributed by atoms with Crippen LogP contribution < -0.4 is 15.8 Å². The maximum Gasteiger partial charge on any atom is 0.130 e. The van der Waals surface area contributed by atoms with Gasteiger partial charge in [-0.05, 0) is 62.5 Å². The Kier molecular flexibility index (Phi) is 5.92. The van der Waals surface area contributed by atoms with E-state index in [4.69, 9.17) is 15.5 Å². The first-order valence-corrected chi connectivity index (χ1v) is 8.87. The van der Waals surface area contributed by atoms with Crippen LogP contribution >= 0.6 is 0 Å². The molecule has 0 radical (unpaired) electrons. The zero-order chi connectivity index (χ0) is 18.4. The first-order chi connectivity index (χ1) is 12.6. The van der Waals surface area contributed by atoms with Crippen molar-refractivity contribution in [1.82, 2.24) is 9.88 Å². The number of para-hydroxylation sites is 1. The van der Waals surface area contributed by atoms with E-state index >= 15 is 0 Å². The van der Waals surface area contributed by atoms with Crippen molar-refractivity contribution in [2.45, 2.75) is 6.42 Å². The summed E-state index contributed by atoms with van der Waals surface area (Å²) in [6, 6.07) is 17.9. The highest BCUT2D eigenvalue weighted by Gasteiger charge is 2.08. The van der Waals surface area contributed by atoms with E-state index in [1.807, 2.05) is 48.5 Å². The molecule has 0 fully saturated rings. The van der Waals surface area contributed by atoms with E-state index in [2.05, 4.69) is 30.4 Å². The summed E-state index contributed by atoms with van der Waals surface area (Å²) in [7, 11) is 4.15. The molecule has 0 aliphatic rings. The van der Waals surface area contributed by atoms with Gasteiger partial charge in [-0.25, -0.2) is 4.98 Å². The quantitative estimate of drug-likeness (QED) is 0.481. The second-order valence-electron chi connectivity index (χ2n) is 6.59. The first kappa shape index (κ1) is 18.0. The minimum atomic E-state index is 0.582. The minimum absolute atomic E-state index is 0.582. The molecule has 3 N–H and O–H groups in total.